The van der Waals surface area contributed by atoms with E-state index in [1.54, 1.807) is 0 Å². The van der Waals surface area contributed by atoms with Crippen LogP contribution in [0.4, 0.5) is 5.13 Å². The Balaban J connectivity index is 2.26. The third kappa shape index (κ3) is 3.98. The van der Waals surface area contributed by atoms with Crippen LogP contribution in [0.25, 0.3) is 0 Å². The van der Waals surface area contributed by atoms with Crippen LogP contribution < -0.4 is 10.2 Å². The van der Waals surface area contributed by atoms with Crippen molar-refractivity contribution in [2.45, 2.75) is 66.3 Å². The van der Waals surface area contributed by atoms with E-state index in [-0.39, 0.29) is 0 Å². The topological polar surface area (TPSA) is 28.2 Å². The van der Waals surface area contributed by atoms with Crippen LogP contribution in [0.2, 0.25) is 0 Å². The predicted octanol–water partition coefficient (Wildman–Crippen LogP) is 4.39. The molecule has 3 nitrogen and oxygen atoms in total. The van der Waals surface area contributed by atoms with E-state index >= 15 is 0 Å². The van der Waals surface area contributed by atoms with Gasteiger partial charge < -0.3 is 10.2 Å². The molecule has 0 saturated carbocycles. The molecular formula is C17H31N3S. The van der Waals surface area contributed by atoms with E-state index in [1.807, 2.05) is 11.3 Å². The summed E-state index contributed by atoms with van der Waals surface area (Å²) in [6, 6.07) is 0.496. The molecule has 0 aliphatic heterocycles. The molecule has 120 valence electrons. The van der Waals surface area contributed by atoms with Gasteiger partial charge in [0.05, 0.1) is 5.69 Å². The third-order valence-corrected chi connectivity index (χ3v) is 5.49. The molecule has 0 radical (unpaired) electrons. The number of hydrogen-bond donors (Lipinski definition) is 1. The SMILES string of the molecule is CCCNC1CC(C)(C)Cc2nc(N(CC)CCC)sc21. The fourth-order valence-electron chi connectivity index (χ4n) is 3.20. The zero-order chi connectivity index (χ0) is 15.5. The lowest BCUT2D eigenvalue weighted by molar-refractivity contribution is 0.258. The Bertz CT molecular complexity index is 453. The number of nitrogens with zero attached hydrogens (tertiary/aromatic N) is 2. The molecule has 0 saturated heterocycles. The number of nitrogens with one attached hydrogen (secondary N) is 1. The second kappa shape index (κ2) is 7.10. The van der Waals surface area contributed by atoms with Crippen molar-refractivity contribution >= 4 is 16.5 Å². The second-order valence-corrected chi connectivity index (χ2v) is 7.95. The molecule has 2 rings (SSSR count). The third-order valence-electron chi connectivity index (χ3n) is 4.22. The van der Waals surface area contributed by atoms with Gasteiger partial charge in [0.25, 0.3) is 0 Å². The van der Waals surface area contributed by atoms with Crippen molar-refractivity contribution in [2.75, 3.05) is 24.5 Å². The van der Waals surface area contributed by atoms with Crippen molar-refractivity contribution < 1.29 is 0 Å². The van der Waals surface area contributed by atoms with Gasteiger partial charge in [-0.3, -0.25) is 0 Å². The number of hydrogen-bond acceptors (Lipinski definition) is 4. The van der Waals surface area contributed by atoms with Crippen LogP contribution in [-0.2, 0) is 6.42 Å². The van der Waals surface area contributed by atoms with Gasteiger partial charge in [-0.1, -0.05) is 39.0 Å². The Hall–Kier alpha value is -0.610. The van der Waals surface area contributed by atoms with Gasteiger partial charge in [-0.05, 0) is 44.6 Å². The maximum atomic E-state index is 5.00. The predicted molar refractivity (Wildman–Crippen MR) is 93.4 cm³/mol. The fourth-order valence-corrected chi connectivity index (χ4v) is 4.44. The fraction of sp³-hybridized carbons (Fsp3) is 0.824. The summed E-state index contributed by atoms with van der Waals surface area (Å²) in [6.07, 6.45) is 4.71. The molecule has 1 aliphatic rings. The van der Waals surface area contributed by atoms with Gasteiger partial charge in [-0.15, -0.1) is 0 Å². The van der Waals surface area contributed by atoms with E-state index in [4.69, 9.17) is 4.98 Å². The summed E-state index contributed by atoms with van der Waals surface area (Å²) in [5, 5.41) is 4.96. The lowest BCUT2D eigenvalue weighted by Crippen LogP contribution is -2.33. The number of fused-ring (bicyclic) bond motifs is 1. The van der Waals surface area contributed by atoms with Crippen LogP contribution in [0.3, 0.4) is 0 Å². The maximum Gasteiger partial charge on any atom is 0.185 e. The molecule has 1 unspecified atom stereocenters. The number of anilines is 1. The van der Waals surface area contributed by atoms with Crippen molar-refractivity contribution in [3.8, 4) is 0 Å². The quantitative estimate of drug-likeness (QED) is 0.809. The standard InChI is InChI=1S/C17H31N3S/c1-6-9-18-13-11-17(4,5)12-14-15(13)21-16(19-14)20(8-3)10-7-2/h13,18H,6-12H2,1-5H3. The molecule has 0 amide bonds. The smallest absolute Gasteiger partial charge is 0.185 e. The molecule has 0 spiro atoms. The Labute approximate surface area is 134 Å². The van der Waals surface area contributed by atoms with Gasteiger partial charge in [0.15, 0.2) is 5.13 Å². The minimum Gasteiger partial charge on any atom is -0.348 e. The van der Waals surface area contributed by atoms with Gasteiger partial charge >= 0.3 is 0 Å². The highest BCUT2D eigenvalue weighted by molar-refractivity contribution is 7.15. The maximum absolute atomic E-state index is 5.00. The summed E-state index contributed by atoms with van der Waals surface area (Å²) >= 11 is 1.92. The summed E-state index contributed by atoms with van der Waals surface area (Å²) in [5.74, 6) is 0. The summed E-state index contributed by atoms with van der Waals surface area (Å²) in [4.78, 5) is 8.92. The van der Waals surface area contributed by atoms with Crippen molar-refractivity contribution in [3.63, 3.8) is 0 Å². The molecule has 1 aromatic heterocycles. The first-order valence-electron chi connectivity index (χ1n) is 8.48. The van der Waals surface area contributed by atoms with Gasteiger partial charge in [-0.2, -0.15) is 0 Å². The van der Waals surface area contributed by atoms with Crippen LogP contribution in [0.1, 0.15) is 70.5 Å². The molecular weight excluding hydrogens is 278 g/mol. The molecule has 0 bridgehead atoms. The van der Waals surface area contributed by atoms with Crippen molar-refractivity contribution in [2.24, 2.45) is 5.41 Å². The van der Waals surface area contributed by atoms with Crippen LogP contribution in [-0.4, -0.2) is 24.6 Å². The molecule has 1 heterocycles. The molecule has 4 heteroatoms. The number of aromatic nitrogens is 1. The summed E-state index contributed by atoms with van der Waals surface area (Å²) in [6.45, 7) is 14.7. The van der Waals surface area contributed by atoms with E-state index in [9.17, 15) is 0 Å². The second-order valence-electron chi connectivity index (χ2n) is 6.94. The molecule has 0 aromatic carbocycles. The van der Waals surface area contributed by atoms with Gasteiger partial charge in [0.1, 0.15) is 0 Å². The van der Waals surface area contributed by atoms with Crippen molar-refractivity contribution in [1.82, 2.24) is 10.3 Å². The average molecular weight is 310 g/mol. The first-order chi connectivity index (χ1) is 10.0. The molecule has 21 heavy (non-hydrogen) atoms. The monoisotopic (exact) mass is 309 g/mol. The van der Waals surface area contributed by atoms with Crippen LogP contribution in [0, 0.1) is 5.41 Å². The van der Waals surface area contributed by atoms with E-state index in [2.05, 4.69) is 44.8 Å². The van der Waals surface area contributed by atoms with Gasteiger partial charge in [0, 0.05) is 24.0 Å². The summed E-state index contributed by atoms with van der Waals surface area (Å²) in [7, 11) is 0. The minimum absolute atomic E-state index is 0.353. The summed E-state index contributed by atoms with van der Waals surface area (Å²) < 4.78 is 0. The Morgan fingerprint density at radius 2 is 2.05 bits per heavy atom. The summed E-state index contributed by atoms with van der Waals surface area (Å²) in [5.41, 5.74) is 1.69. The molecule has 1 aliphatic carbocycles. The molecule has 1 atom stereocenters. The van der Waals surface area contributed by atoms with E-state index in [1.165, 1.54) is 35.0 Å². The van der Waals surface area contributed by atoms with Crippen LogP contribution >= 0.6 is 11.3 Å². The van der Waals surface area contributed by atoms with Crippen molar-refractivity contribution in [1.29, 1.82) is 0 Å². The minimum atomic E-state index is 0.353. The lowest BCUT2D eigenvalue weighted by Gasteiger charge is -2.34. The van der Waals surface area contributed by atoms with E-state index in [0.29, 0.717) is 11.5 Å². The molecule has 0 fully saturated rings. The highest BCUT2D eigenvalue weighted by Gasteiger charge is 2.35. The zero-order valence-corrected chi connectivity index (χ0v) is 15.1. The first kappa shape index (κ1) is 16.8. The number of thiazole rings is 1. The molecule has 1 aromatic rings. The average Bonchev–Trinajstić information content (AvgIpc) is 2.84. The zero-order valence-electron chi connectivity index (χ0n) is 14.3. The molecule has 1 N–H and O–H groups in total. The van der Waals surface area contributed by atoms with Gasteiger partial charge in [0.2, 0.25) is 0 Å². The van der Waals surface area contributed by atoms with Crippen LogP contribution in [0.15, 0.2) is 0 Å². The first-order valence-corrected chi connectivity index (χ1v) is 9.30. The Kier molecular flexibility index (Phi) is 5.67. The van der Waals surface area contributed by atoms with E-state index < -0.39 is 0 Å². The number of rotatable bonds is 7. The van der Waals surface area contributed by atoms with Crippen LogP contribution in [0.5, 0.6) is 0 Å². The van der Waals surface area contributed by atoms with E-state index in [0.717, 1.165) is 26.1 Å². The van der Waals surface area contributed by atoms with Gasteiger partial charge in [-0.25, -0.2) is 4.98 Å². The Morgan fingerprint density at radius 3 is 2.67 bits per heavy atom. The highest BCUT2D eigenvalue weighted by Crippen LogP contribution is 2.44. The van der Waals surface area contributed by atoms with Crippen molar-refractivity contribution in [3.05, 3.63) is 10.6 Å². The highest BCUT2D eigenvalue weighted by atomic mass is 32.1. The Morgan fingerprint density at radius 1 is 1.29 bits per heavy atom. The normalized spacial score (nSPS) is 20.3. The lowest BCUT2D eigenvalue weighted by atomic mass is 9.76. The largest absolute Gasteiger partial charge is 0.348 e.